The average Bonchev–Trinajstić information content (AvgIpc) is 1.50. The minimum Gasteiger partial charge on any atom is -0.296 e. The van der Waals surface area contributed by atoms with Crippen LogP contribution in [0.2, 0.25) is 0 Å². The lowest BCUT2D eigenvalue weighted by atomic mass is 9.70. The minimum atomic E-state index is -0.567. The van der Waals surface area contributed by atoms with Crippen molar-refractivity contribution in [1.29, 1.82) is 0 Å². The molecule has 0 fully saturated rings. The number of rotatable bonds is 9. The van der Waals surface area contributed by atoms with Gasteiger partial charge < -0.3 is 0 Å². The fourth-order valence-electron chi connectivity index (χ4n) is 19.9. The van der Waals surface area contributed by atoms with Crippen molar-refractivity contribution in [3.63, 3.8) is 0 Å². The van der Waals surface area contributed by atoms with Crippen LogP contribution in [-0.2, 0) is 23.7 Å². The van der Waals surface area contributed by atoms with E-state index >= 15 is 0 Å². The number of fused-ring (bicyclic) bond motifs is 30. The van der Waals surface area contributed by atoms with Gasteiger partial charge in [-0.1, -0.05) is 291 Å². The summed E-state index contributed by atoms with van der Waals surface area (Å²) in [4.78, 5) is 10.7. The highest BCUT2D eigenvalue weighted by Gasteiger charge is 2.54. The molecule has 105 heavy (non-hydrogen) atoms. The first-order chi connectivity index (χ1) is 52.1. The van der Waals surface area contributed by atoms with Crippen molar-refractivity contribution in [2.75, 3.05) is 0 Å². The summed E-state index contributed by atoms with van der Waals surface area (Å²) in [5.41, 5.74) is 33.7. The maximum Gasteiger partial charge on any atom is 0.145 e. The van der Waals surface area contributed by atoms with Crippen molar-refractivity contribution in [3.05, 3.63) is 408 Å². The van der Waals surface area contributed by atoms with E-state index in [0.717, 1.165) is 75.5 Å². The Bertz CT molecular complexity index is 6870. The van der Waals surface area contributed by atoms with Crippen molar-refractivity contribution in [2.45, 2.75) is 30.1 Å². The molecule has 0 saturated carbocycles. The molecule has 488 valence electrons. The summed E-state index contributed by atoms with van der Waals surface area (Å²) in [6.07, 6.45) is 2.63. The fourth-order valence-corrected chi connectivity index (χ4v) is 19.9. The van der Waals surface area contributed by atoms with Crippen LogP contribution in [0, 0.1) is 0 Å². The molecule has 4 nitrogen and oxygen atoms in total. The van der Waals surface area contributed by atoms with Gasteiger partial charge in [0.25, 0.3) is 0 Å². The van der Waals surface area contributed by atoms with Gasteiger partial charge in [-0.2, -0.15) is 0 Å². The largest absolute Gasteiger partial charge is 0.296 e. The summed E-state index contributed by atoms with van der Waals surface area (Å²) in [7, 11) is 0. The van der Waals surface area contributed by atoms with Crippen LogP contribution >= 0.6 is 0 Å². The molecule has 19 aromatic rings. The Hall–Kier alpha value is -13.3. The number of para-hydroxylation sites is 4. The van der Waals surface area contributed by atoms with E-state index in [-0.39, 0.29) is 0 Å². The molecule has 0 radical (unpaired) electrons. The van der Waals surface area contributed by atoms with Gasteiger partial charge in [0.15, 0.2) is 0 Å². The SMILES string of the molecule is c1ccc(-c2nc3ccccc3n2-c2cccc(-c3cc4c(c5ccccc35)-c3c(ccc5cc(CCCc6nc7ccccc7n6-c6cccc(-c7cc8c(c9ccccc79)-c7c(ccc9ccccc79)C87c8ccccc8-c8ccccc87)c6)ccc35)C43c4ccccc4-c4ccccc43)c2)cc1. The highest BCUT2D eigenvalue weighted by atomic mass is 15.1. The van der Waals surface area contributed by atoms with Crippen molar-refractivity contribution in [1.82, 2.24) is 19.1 Å². The molecule has 2 aromatic heterocycles. The quantitative estimate of drug-likeness (QED) is 0.144. The molecule has 0 amide bonds. The maximum atomic E-state index is 5.49. The minimum absolute atomic E-state index is 0.511. The summed E-state index contributed by atoms with van der Waals surface area (Å²) in [6, 6.07) is 132. The number of benzene rings is 17. The van der Waals surface area contributed by atoms with E-state index in [4.69, 9.17) is 9.97 Å². The van der Waals surface area contributed by atoms with Crippen LogP contribution in [0.25, 0.3) is 155 Å². The Kier molecular flexibility index (Phi) is 12.3. The lowest BCUT2D eigenvalue weighted by molar-refractivity contribution is 0.762. The van der Waals surface area contributed by atoms with Crippen LogP contribution in [0.1, 0.15) is 62.3 Å². The van der Waals surface area contributed by atoms with E-state index in [9.17, 15) is 0 Å². The van der Waals surface area contributed by atoms with Crippen molar-refractivity contribution >= 4 is 65.2 Å². The number of nitrogens with zero attached hydrogens (tertiary/aromatic N) is 4. The van der Waals surface area contributed by atoms with Crippen LogP contribution in [0.4, 0.5) is 0 Å². The molecular formula is C101H64N4. The monoisotopic (exact) mass is 1330 g/mol. The molecule has 0 aliphatic heterocycles. The maximum absolute atomic E-state index is 5.49. The van der Waals surface area contributed by atoms with E-state index in [0.29, 0.717) is 0 Å². The van der Waals surface area contributed by atoms with E-state index in [2.05, 4.69) is 361 Å². The first kappa shape index (κ1) is 58.4. The molecule has 17 aromatic carbocycles. The summed E-state index contributed by atoms with van der Waals surface area (Å²) >= 11 is 0. The second-order valence-corrected chi connectivity index (χ2v) is 29.2. The van der Waals surface area contributed by atoms with E-state index in [1.165, 1.54) is 154 Å². The molecule has 0 unspecified atom stereocenters. The molecule has 2 spiro atoms. The van der Waals surface area contributed by atoms with Gasteiger partial charge >= 0.3 is 0 Å². The average molecular weight is 1330 g/mol. The van der Waals surface area contributed by atoms with Crippen molar-refractivity contribution in [2.24, 2.45) is 0 Å². The van der Waals surface area contributed by atoms with Crippen LogP contribution in [-0.4, -0.2) is 19.1 Å². The van der Waals surface area contributed by atoms with E-state index in [1.54, 1.807) is 0 Å². The molecule has 4 aliphatic rings. The van der Waals surface area contributed by atoms with Gasteiger partial charge in [-0.3, -0.25) is 9.13 Å². The highest BCUT2D eigenvalue weighted by molar-refractivity contribution is 6.19. The molecule has 0 saturated heterocycles. The normalized spacial score (nSPS) is 13.6. The Morgan fingerprint density at radius 2 is 0.676 bits per heavy atom. The molecule has 23 rings (SSSR count). The zero-order chi connectivity index (χ0) is 68.6. The van der Waals surface area contributed by atoms with Crippen LogP contribution in [0.15, 0.2) is 352 Å². The summed E-state index contributed by atoms with van der Waals surface area (Å²) in [5.74, 6) is 1.99. The molecule has 0 bridgehead atoms. The Morgan fingerprint density at radius 3 is 1.25 bits per heavy atom. The summed E-state index contributed by atoms with van der Waals surface area (Å²) in [5, 5.41) is 10.1. The lowest BCUT2D eigenvalue weighted by Gasteiger charge is -2.31. The third-order valence-corrected chi connectivity index (χ3v) is 24.0. The smallest absolute Gasteiger partial charge is 0.145 e. The Balaban J connectivity index is 0.631. The number of aromatic nitrogens is 4. The zero-order valence-corrected chi connectivity index (χ0v) is 57.4. The lowest BCUT2D eigenvalue weighted by Crippen LogP contribution is -2.26. The third-order valence-electron chi connectivity index (χ3n) is 24.0. The molecule has 0 atom stereocenters. The predicted molar refractivity (Wildman–Crippen MR) is 433 cm³/mol. The van der Waals surface area contributed by atoms with Crippen LogP contribution in [0.5, 0.6) is 0 Å². The topological polar surface area (TPSA) is 35.6 Å². The number of hydrogen-bond acceptors (Lipinski definition) is 2. The van der Waals surface area contributed by atoms with E-state index < -0.39 is 10.8 Å². The first-order valence-corrected chi connectivity index (χ1v) is 36.9. The second kappa shape index (κ2) is 22.1. The fraction of sp³-hybridized carbons (Fsp3) is 0.0495. The van der Waals surface area contributed by atoms with Gasteiger partial charge in [-0.15, -0.1) is 0 Å². The van der Waals surface area contributed by atoms with Gasteiger partial charge in [0, 0.05) is 23.4 Å². The third kappa shape index (κ3) is 8.00. The number of imidazole rings is 2. The molecule has 4 heteroatoms. The van der Waals surface area contributed by atoms with Crippen LogP contribution in [0.3, 0.4) is 0 Å². The molecule has 4 aliphatic carbocycles. The molecular weight excluding hydrogens is 1270 g/mol. The number of hydrogen-bond donors (Lipinski definition) is 0. The van der Waals surface area contributed by atoms with Crippen molar-refractivity contribution < 1.29 is 0 Å². The van der Waals surface area contributed by atoms with Gasteiger partial charge in [0.1, 0.15) is 11.6 Å². The standard InChI is InChI=1S/C101H64N4/c1-2-27-64(28-3-1)99-103-91-47-19-21-49-93(91)105(99)69-32-24-30-66(59-69)81-61-89-98(79-41-9-7-35-73(79)81)96-71-54-51-62(57-67(71)53-56-87(96)101(89)84-44-16-12-38-76(84)77-39-13-17-45-85(77)101)25-22-50-94-102-90-46-18-20-48-92(90)104(94)68-31-23-29-65(58-68)80-60-88-97(78-40-8-6-34-72(78)80)95-70-33-5-4-26-63(70)52-55-86(95)100(88)82-42-14-10-36-74(82)75-37-11-15-43-83(75)100/h1-21,23-24,26-49,51-61H,22,25,50H2. The Labute approximate surface area is 607 Å². The highest BCUT2D eigenvalue weighted by Crippen LogP contribution is 2.68. The number of aryl methyl sites for hydroxylation is 2. The van der Waals surface area contributed by atoms with E-state index in [1.807, 2.05) is 0 Å². The second-order valence-electron chi connectivity index (χ2n) is 29.2. The molecule has 0 N–H and O–H groups in total. The summed E-state index contributed by atoms with van der Waals surface area (Å²) in [6.45, 7) is 0. The zero-order valence-electron chi connectivity index (χ0n) is 57.4. The van der Waals surface area contributed by atoms with Gasteiger partial charge in [0.05, 0.1) is 32.9 Å². The predicted octanol–water partition coefficient (Wildman–Crippen LogP) is 24.8. The summed E-state index contributed by atoms with van der Waals surface area (Å²) < 4.78 is 4.77. The molecule has 2 heterocycles. The van der Waals surface area contributed by atoms with Gasteiger partial charge in [-0.25, -0.2) is 9.97 Å². The Morgan fingerprint density at radius 1 is 0.248 bits per heavy atom. The van der Waals surface area contributed by atoms with Gasteiger partial charge in [-0.05, 0) is 233 Å². The van der Waals surface area contributed by atoms with Crippen molar-refractivity contribution in [3.8, 4) is 89.5 Å². The van der Waals surface area contributed by atoms with Gasteiger partial charge in [0.2, 0.25) is 0 Å². The first-order valence-electron chi connectivity index (χ1n) is 36.9. The van der Waals surface area contributed by atoms with Crippen LogP contribution < -0.4 is 0 Å².